The average Bonchev–Trinajstić information content (AvgIpc) is 2.73. The molecule has 0 saturated heterocycles. The van der Waals surface area contributed by atoms with Gasteiger partial charge < -0.3 is 4.74 Å². The molecule has 2 aromatic rings. The van der Waals surface area contributed by atoms with Gasteiger partial charge in [-0.1, -0.05) is 0 Å². The van der Waals surface area contributed by atoms with E-state index in [1.54, 1.807) is 0 Å². The van der Waals surface area contributed by atoms with Crippen molar-refractivity contribution in [3.8, 4) is 22.4 Å². The quantitative estimate of drug-likeness (QED) is 0.853. The largest absolute Gasteiger partial charge is 0.494 e. The molecule has 0 spiro atoms. The summed E-state index contributed by atoms with van der Waals surface area (Å²) in [4.78, 5) is 5.38. The molecule has 1 heterocycles. The van der Waals surface area contributed by atoms with Crippen LogP contribution in [-0.2, 0) is 6.42 Å². The van der Waals surface area contributed by atoms with Crippen molar-refractivity contribution in [3.05, 3.63) is 33.7 Å². The topological polar surface area (TPSA) is 45.9 Å². The molecule has 0 radical (unpaired) electrons. The zero-order valence-corrected chi connectivity index (χ0v) is 12.2. The minimum Gasteiger partial charge on any atom is -0.494 e. The van der Waals surface area contributed by atoms with E-state index < -0.39 is 0 Å². The van der Waals surface area contributed by atoms with Gasteiger partial charge in [0.15, 0.2) is 0 Å². The second-order valence-corrected chi connectivity index (χ2v) is 5.36. The fourth-order valence-electron chi connectivity index (χ4n) is 1.50. The Morgan fingerprint density at radius 2 is 2.11 bits per heavy atom. The van der Waals surface area contributed by atoms with Crippen LogP contribution in [0.3, 0.4) is 0 Å². The maximum atomic E-state index is 8.71. The number of hydrogen-bond acceptors (Lipinski definition) is 4. The molecule has 1 aromatic heterocycles. The number of halogens is 1. The molecule has 92 valence electrons. The third-order valence-corrected chi connectivity index (χ3v) is 4.32. The summed E-state index contributed by atoms with van der Waals surface area (Å²) in [5, 5.41) is 9.62. The van der Waals surface area contributed by atoms with Gasteiger partial charge in [0.05, 0.1) is 24.0 Å². The summed E-state index contributed by atoms with van der Waals surface area (Å²) >= 11 is 4.91. The number of nitriles is 1. The second kappa shape index (κ2) is 5.98. The fraction of sp³-hybridized carbons (Fsp3) is 0.231. The number of rotatable bonds is 4. The zero-order valence-electron chi connectivity index (χ0n) is 9.81. The Labute approximate surface area is 118 Å². The van der Waals surface area contributed by atoms with Crippen molar-refractivity contribution >= 4 is 27.3 Å². The van der Waals surface area contributed by atoms with E-state index in [4.69, 9.17) is 10.00 Å². The Kier molecular flexibility index (Phi) is 4.34. The highest BCUT2D eigenvalue weighted by Gasteiger charge is 2.10. The molecule has 5 heteroatoms. The van der Waals surface area contributed by atoms with Crippen LogP contribution in [0.15, 0.2) is 28.9 Å². The first-order valence-electron chi connectivity index (χ1n) is 5.50. The molecule has 18 heavy (non-hydrogen) atoms. The molecule has 0 bridgehead atoms. The number of ether oxygens (including phenoxy) is 1. The zero-order chi connectivity index (χ0) is 13.0. The predicted molar refractivity (Wildman–Crippen MR) is 75.7 cm³/mol. The first-order chi connectivity index (χ1) is 8.74. The van der Waals surface area contributed by atoms with Gasteiger partial charge in [0, 0.05) is 5.56 Å². The van der Waals surface area contributed by atoms with Gasteiger partial charge >= 0.3 is 0 Å². The minimum atomic E-state index is 0.384. The predicted octanol–water partition coefficient (Wildman–Crippen LogP) is 4.04. The number of benzene rings is 1. The number of hydrogen-bond donors (Lipinski definition) is 0. The van der Waals surface area contributed by atoms with Crippen LogP contribution >= 0.6 is 27.3 Å². The van der Waals surface area contributed by atoms with Gasteiger partial charge in [-0.3, -0.25) is 0 Å². The fourth-order valence-corrected chi connectivity index (χ4v) is 3.07. The summed E-state index contributed by atoms with van der Waals surface area (Å²) in [6.45, 7) is 2.62. The first-order valence-corrected chi connectivity index (χ1v) is 7.11. The highest BCUT2D eigenvalue weighted by atomic mass is 79.9. The molecule has 0 unspecified atom stereocenters. The van der Waals surface area contributed by atoms with Crippen LogP contribution in [0.5, 0.6) is 5.75 Å². The number of nitrogens with zero attached hydrogens (tertiary/aromatic N) is 2. The molecule has 3 nitrogen and oxygen atoms in total. The minimum absolute atomic E-state index is 0.384. The van der Waals surface area contributed by atoms with Crippen molar-refractivity contribution in [2.45, 2.75) is 13.3 Å². The normalized spacial score (nSPS) is 10.1. The van der Waals surface area contributed by atoms with E-state index in [2.05, 4.69) is 27.0 Å². The highest BCUT2D eigenvalue weighted by molar-refractivity contribution is 9.10. The van der Waals surface area contributed by atoms with E-state index in [0.717, 1.165) is 25.8 Å². The standard InChI is InChI=1S/C13H11BrN2OS/c1-2-17-10-5-3-9(4-6-10)13-16-12(14)11(18-13)7-8-15/h3-6H,2,7H2,1H3. The van der Waals surface area contributed by atoms with E-state index >= 15 is 0 Å². The van der Waals surface area contributed by atoms with Crippen LogP contribution in [0.1, 0.15) is 11.8 Å². The monoisotopic (exact) mass is 322 g/mol. The van der Waals surface area contributed by atoms with Crippen molar-refractivity contribution in [3.63, 3.8) is 0 Å². The third kappa shape index (κ3) is 2.89. The van der Waals surface area contributed by atoms with Crippen molar-refractivity contribution in [1.29, 1.82) is 5.26 Å². The number of thiazole rings is 1. The van der Waals surface area contributed by atoms with Crippen molar-refractivity contribution < 1.29 is 4.74 Å². The maximum absolute atomic E-state index is 8.71. The molecule has 0 N–H and O–H groups in total. The SMILES string of the molecule is CCOc1ccc(-c2nc(Br)c(CC#N)s2)cc1. The molecular formula is C13H11BrN2OS. The van der Waals surface area contributed by atoms with Gasteiger partial charge in [0.25, 0.3) is 0 Å². The average molecular weight is 323 g/mol. The number of aromatic nitrogens is 1. The molecule has 0 aliphatic carbocycles. The van der Waals surface area contributed by atoms with E-state index in [0.29, 0.717) is 13.0 Å². The maximum Gasteiger partial charge on any atom is 0.124 e. The summed E-state index contributed by atoms with van der Waals surface area (Å²) < 4.78 is 6.16. The van der Waals surface area contributed by atoms with Gasteiger partial charge in [-0.05, 0) is 47.1 Å². The van der Waals surface area contributed by atoms with Crippen molar-refractivity contribution in [2.75, 3.05) is 6.61 Å². The van der Waals surface area contributed by atoms with Crippen LogP contribution in [0.2, 0.25) is 0 Å². The van der Waals surface area contributed by atoms with Gasteiger partial charge in [0.2, 0.25) is 0 Å². The summed E-state index contributed by atoms with van der Waals surface area (Å²) in [7, 11) is 0. The summed E-state index contributed by atoms with van der Waals surface area (Å²) in [6, 6.07) is 9.95. The molecule has 0 saturated carbocycles. The molecule has 0 fully saturated rings. The summed E-state index contributed by atoms with van der Waals surface area (Å²) in [5.41, 5.74) is 1.04. The van der Waals surface area contributed by atoms with E-state index in [1.165, 1.54) is 11.3 Å². The Hall–Kier alpha value is -1.38. The molecule has 0 amide bonds. The third-order valence-electron chi connectivity index (χ3n) is 2.30. The van der Waals surface area contributed by atoms with E-state index in [1.807, 2.05) is 31.2 Å². The van der Waals surface area contributed by atoms with E-state index in [9.17, 15) is 0 Å². The molecule has 1 aromatic carbocycles. The van der Waals surface area contributed by atoms with Crippen LogP contribution in [-0.4, -0.2) is 11.6 Å². The first kappa shape index (κ1) is 13.1. The lowest BCUT2D eigenvalue weighted by atomic mass is 10.2. The van der Waals surface area contributed by atoms with E-state index in [-0.39, 0.29) is 0 Å². The highest BCUT2D eigenvalue weighted by Crippen LogP contribution is 2.32. The van der Waals surface area contributed by atoms with Crippen molar-refractivity contribution in [2.24, 2.45) is 0 Å². The van der Waals surface area contributed by atoms with Crippen LogP contribution in [0.25, 0.3) is 10.6 Å². The van der Waals surface area contributed by atoms with Gasteiger partial charge in [-0.25, -0.2) is 4.98 Å². The lowest BCUT2D eigenvalue weighted by Gasteiger charge is -2.02. The molecule has 2 rings (SSSR count). The van der Waals surface area contributed by atoms with Gasteiger partial charge in [0.1, 0.15) is 15.4 Å². The second-order valence-electron chi connectivity index (χ2n) is 3.53. The summed E-state index contributed by atoms with van der Waals surface area (Å²) in [6.07, 6.45) is 0.384. The lowest BCUT2D eigenvalue weighted by Crippen LogP contribution is -1.90. The molecule has 0 atom stereocenters. The Morgan fingerprint density at radius 3 is 2.72 bits per heavy atom. The van der Waals surface area contributed by atoms with Crippen LogP contribution < -0.4 is 4.74 Å². The lowest BCUT2D eigenvalue weighted by molar-refractivity contribution is 0.340. The Morgan fingerprint density at radius 1 is 1.39 bits per heavy atom. The van der Waals surface area contributed by atoms with Crippen LogP contribution in [0.4, 0.5) is 0 Å². The molecule has 0 aliphatic rings. The van der Waals surface area contributed by atoms with Gasteiger partial charge in [-0.2, -0.15) is 5.26 Å². The molecular weight excluding hydrogens is 312 g/mol. The van der Waals surface area contributed by atoms with Crippen molar-refractivity contribution in [1.82, 2.24) is 4.98 Å². The van der Waals surface area contributed by atoms with Crippen LogP contribution in [0, 0.1) is 11.3 Å². The Balaban J connectivity index is 2.26. The Bertz CT molecular complexity index is 572. The molecule has 0 aliphatic heterocycles. The summed E-state index contributed by atoms with van der Waals surface area (Å²) in [5.74, 6) is 0.856. The smallest absolute Gasteiger partial charge is 0.124 e. The van der Waals surface area contributed by atoms with Gasteiger partial charge in [-0.15, -0.1) is 11.3 Å².